The second-order valence-corrected chi connectivity index (χ2v) is 9.02. The Morgan fingerprint density at radius 2 is 1.82 bits per heavy atom. The van der Waals surface area contributed by atoms with Gasteiger partial charge in [-0.25, -0.2) is 9.97 Å². The van der Waals surface area contributed by atoms with E-state index in [0.29, 0.717) is 23.2 Å². The molecule has 0 bridgehead atoms. The molecule has 2 N–H and O–H groups in total. The van der Waals surface area contributed by atoms with Crippen LogP contribution in [0.5, 0.6) is 0 Å². The summed E-state index contributed by atoms with van der Waals surface area (Å²) >= 11 is 0. The fourth-order valence-electron chi connectivity index (χ4n) is 4.10. The van der Waals surface area contributed by atoms with E-state index in [1.54, 1.807) is 43.6 Å². The van der Waals surface area contributed by atoms with Crippen LogP contribution in [0, 0.1) is 5.92 Å². The van der Waals surface area contributed by atoms with E-state index < -0.39 is 0 Å². The molecule has 10 heteroatoms. The van der Waals surface area contributed by atoms with Gasteiger partial charge >= 0.3 is 0 Å². The molecule has 0 aliphatic heterocycles. The normalized spacial score (nSPS) is 15.1. The number of carbonyl (C=O) groups is 1. The van der Waals surface area contributed by atoms with E-state index in [0.717, 1.165) is 29.5 Å². The molecule has 10 nitrogen and oxygen atoms in total. The number of anilines is 1. The number of likely N-dealkylation sites (N-methyl/N-ethyl adjacent to an activating group) is 1. The molecule has 1 amide bonds. The van der Waals surface area contributed by atoms with Gasteiger partial charge in [-0.1, -0.05) is 29.4 Å². The van der Waals surface area contributed by atoms with Crippen LogP contribution in [0.15, 0.2) is 53.6 Å². The van der Waals surface area contributed by atoms with Gasteiger partial charge < -0.3 is 15.2 Å². The Kier molecular flexibility index (Phi) is 5.35. The van der Waals surface area contributed by atoms with Gasteiger partial charge in [0.15, 0.2) is 5.82 Å². The third-order valence-corrected chi connectivity index (χ3v) is 6.45. The Balaban J connectivity index is 1.41. The Morgan fingerprint density at radius 3 is 2.47 bits per heavy atom. The highest BCUT2D eigenvalue weighted by Gasteiger charge is 2.47. The van der Waals surface area contributed by atoms with Gasteiger partial charge in [0.25, 0.3) is 5.89 Å². The summed E-state index contributed by atoms with van der Waals surface area (Å²) in [5.74, 6) is 1.68. The molecule has 1 aliphatic carbocycles. The molecule has 1 aliphatic rings. The van der Waals surface area contributed by atoms with Crippen molar-refractivity contribution in [3.05, 3.63) is 60.4 Å². The van der Waals surface area contributed by atoms with Crippen LogP contribution in [-0.2, 0) is 16.8 Å². The fraction of sp³-hybridized carbons (Fsp3) is 0.333. The summed E-state index contributed by atoms with van der Waals surface area (Å²) in [6, 6.07) is 8.31. The van der Waals surface area contributed by atoms with Crippen LogP contribution in [0.1, 0.15) is 31.2 Å². The van der Waals surface area contributed by atoms with Crippen LogP contribution in [0.4, 0.5) is 5.95 Å². The summed E-state index contributed by atoms with van der Waals surface area (Å²) < 4.78 is 7.20. The van der Waals surface area contributed by atoms with Crippen molar-refractivity contribution in [2.45, 2.75) is 31.7 Å². The summed E-state index contributed by atoms with van der Waals surface area (Å²) in [7, 11) is 3.43. The largest absolute Gasteiger partial charge is 0.368 e. The highest BCUT2D eigenvalue weighted by atomic mass is 16.5. The summed E-state index contributed by atoms with van der Waals surface area (Å²) in [5.41, 5.74) is 8.94. The number of hydrogen-bond donors (Lipinski definition) is 1. The first-order valence-corrected chi connectivity index (χ1v) is 11.1. The zero-order valence-electron chi connectivity index (χ0n) is 19.3. The molecule has 34 heavy (non-hydrogen) atoms. The number of rotatable bonds is 7. The van der Waals surface area contributed by atoms with Crippen molar-refractivity contribution in [1.29, 1.82) is 0 Å². The molecule has 3 aromatic heterocycles. The molecule has 0 unspecified atom stereocenters. The molecule has 0 spiro atoms. The van der Waals surface area contributed by atoms with Crippen molar-refractivity contribution in [1.82, 2.24) is 34.8 Å². The van der Waals surface area contributed by atoms with Gasteiger partial charge in [0.05, 0.1) is 17.2 Å². The molecule has 1 aromatic carbocycles. The number of nitrogen functional groups attached to an aromatic ring is 1. The number of benzene rings is 1. The zero-order chi connectivity index (χ0) is 23.9. The van der Waals surface area contributed by atoms with Crippen LogP contribution in [0.25, 0.3) is 22.6 Å². The lowest BCUT2D eigenvalue weighted by molar-refractivity contribution is -0.129. The maximum absolute atomic E-state index is 12.0. The van der Waals surface area contributed by atoms with Crippen molar-refractivity contribution >= 4 is 11.9 Å². The minimum absolute atomic E-state index is 0.0452. The first kappa shape index (κ1) is 21.7. The summed E-state index contributed by atoms with van der Waals surface area (Å²) in [6.07, 6.45) is 9.04. The Hall–Kier alpha value is -4.08. The lowest BCUT2D eigenvalue weighted by Gasteiger charge is -2.27. The van der Waals surface area contributed by atoms with Crippen molar-refractivity contribution in [3.8, 4) is 22.6 Å². The minimum Gasteiger partial charge on any atom is -0.368 e. The quantitative estimate of drug-likeness (QED) is 0.448. The Labute approximate surface area is 196 Å². The highest BCUT2D eigenvalue weighted by Crippen LogP contribution is 2.50. The number of amides is 1. The van der Waals surface area contributed by atoms with E-state index in [4.69, 9.17) is 15.2 Å². The minimum atomic E-state index is -0.380. The Bertz CT molecular complexity index is 1310. The van der Waals surface area contributed by atoms with Crippen LogP contribution >= 0.6 is 0 Å². The Morgan fingerprint density at radius 1 is 1.12 bits per heavy atom. The summed E-state index contributed by atoms with van der Waals surface area (Å²) in [5, 5.41) is 8.62. The molecule has 1 atom stereocenters. The molecule has 174 valence electrons. The molecule has 1 fully saturated rings. The van der Waals surface area contributed by atoms with E-state index in [-0.39, 0.29) is 23.8 Å². The first-order valence-electron chi connectivity index (χ1n) is 11.1. The van der Waals surface area contributed by atoms with Gasteiger partial charge in [0.1, 0.15) is 6.54 Å². The molecule has 0 saturated heterocycles. The van der Waals surface area contributed by atoms with E-state index >= 15 is 0 Å². The molecule has 1 saturated carbocycles. The second-order valence-electron chi connectivity index (χ2n) is 9.02. The van der Waals surface area contributed by atoms with Crippen molar-refractivity contribution in [3.63, 3.8) is 0 Å². The lowest BCUT2D eigenvalue weighted by Crippen LogP contribution is -2.28. The van der Waals surface area contributed by atoms with Gasteiger partial charge in [-0.2, -0.15) is 10.1 Å². The maximum atomic E-state index is 12.0. The van der Waals surface area contributed by atoms with E-state index in [1.807, 2.05) is 0 Å². The smallest absolute Gasteiger partial charge is 0.261 e. The molecular formula is C24H26N8O2. The van der Waals surface area contributed by atoms with E-state index in [9.17, 15) is 4.79 Å². The number of nitrogens with two attached hydrogens (primary N) is 1. The molecule has 5 rings (SSSR count). The van der Waals surface area contributed by atoms with Gasteiger partial charge in [0, 0.05) is 38.2 Å². The van der Waals surface area contributed by atoms with Crippen LogP contribution in [0.3, 0.4) is 0 Å². The standard InChI is InChI=1S/C24H26N8O2/c1-24(19-8-9-19,18-6-4-15(5-7-18)16-10-26-23(25)27-11-16)22-29-21(34-30-22)17-12-28-32(13-17)14-20(33)31(2)3/h4-7,10-13,19H,8-9,14H2,1-3H3,(H2,25,26,27)/t24-/m1/s1. The van der Waals surface area contributed by atoms with E-state index in [1.165, 1.54) is 4.90 Å². The van der Waals surface area contributed by atoms with Gasteiger partial charge in [-0.05, 0) is 36.8 Å². The molecule has 0 radical (unpaired) electrons. The predicted octanol–water partition coefficient (Wildman–Crippen LogP) is 2.78. The molecule has 4 aromatic rings. The topological polar surface area (TPSA) is 129 Å². The summed E-state index contributed by atoms with van der Waals surface area (Å²) in [6.45, 7) is 2.32. The third-order valence-electron chi connectivity index (χ3n) is 6.45. The average molecular weight is 459 g/mol. The van der Waals surface area contributed by atoms with E-state index in [2.05, 4.69) is 51.4 Å². The zero-order valence-corrected chi connectivity index (χ0v) is 19.3. The van der Waals surface area contributed by atoms with Crippen molar-refractivity contribution in [2.75, 3.05) is 19.8 Å². The number of nitrogens with zero attached hydrogens (tertiary/aromatic N) is 7. The number of hydrogen-bond acceptors (Lipinski definition) is 8. The maximum Gasteiger partial charge on any atom is 0.261 e. The number of aromatic nitrogens is 6. The lowest BCUT2D eigenvalue weighted by atomic mass is 9.77. The van der Waals surface area contributed by atoms with Crippen LogP contribution in [0.2, 0.25) is 0 Å². The average Bonchev–Trinajstić information content (AvgIpc) is 3.39. The molecular weight excluding hydrogens is 432 g/mol. The SMILES string of the molecule is CN(C)C(=O)Cn1cc(-c2nc([C@](C)(c3ccc(-c4cnc(N)nc4)cc3)C3CC3)no2)cn1. The second kappa shape index (κ2) is 8.36. The first-order chi connectivity index (χ1) is 16.3. The fourth-order valence-corrected chi connectivity index (χ4v) is 4.10. The van der Waals surface area contributed by atoms with Crippen molar-refractivity contribution < 1.29 is 9.32 Å². The van der Waals surface area contributed by atoms with Crippen molar-refractivity contribution in [2.24, 2.45) is 5.92 Å². The van der Waals surface area contributed by atoms with Gasteiger partial charge in [-0.15, -0.1) is 0 Å². The van der Waals surface area contributed by atoms with Crippen LogP contribution < -0.4 is 5.73 Å². The van der Waals surface area contributed by atoms with Gasteiger partial charge in [-0.3, -0.25) is 9.48 Å². The predicted molar refractivity (Wildman–Crippen MR) is 125 cm³/mol. The third kappa shape index (κ3) is 4.02. The summed E-state index contributed by atoms with van der Waals surface area (Å²) in [4.78, 5) is 26.4. The molecule has 3 heterocycles. The number of carbonyl (C=O) groups excluding carboxylic acids is 1. The van der Waals surface area contributed by atoms with Gasteiger partial charge in [0.2, 0.25) is 11.9 Å². The van der Waals surface area contributed by atoms with Crippen LogP contribution in [-0.4, -0.2) is 54.8 Å². The monoisotopic (exact) mass is 458 g/mol. The highest BCUT2D eigenvalue weighted by molar-refractivity contribution is 5.75.